The van der Waals surface area contributed by atoms with Crippen molar-refractivity contribution in [2.24, 2.45) is 0 Å². The van der Waals surface area contributed by atoms with Crippen molar-refractivity contribution in [2.75, 3.05) is 6.54 Å². The van der Waals surface area contributed by atoms with Gasteiger partial charge in [-0.15, -0.1) is 0 Å². The number of carbonyl (C=O) groups is 1. The SMILES string of the molecule is CCC(c1ccc(C)cc1)N1CCCC1(CC)C(=O)O. The summed E-state index contributed by atoms with van der Waals surface area (Å²) < 4.78 is 0. The van der Waals surface area contributed by atoms with Gasteiger partial charge >= 0.3 is 5.97 Å². The van der Waals surface area contributed by atoms with Crippen LogP contribution in [0.15, 0.2) is 24.3 Å². The van der Waals surface area contributed by atoms with Crippen LogP contribution in [-0.2, 0) is 4.79 Å². The number of rotatable bonds is 5. The van der Waals surface area contributed by atoms with Crippen LogP contribution in [0.1, 0.15) is 56.7 Å². The molecular weight excluding hydrogens is 250 g/mol. The molecule has 2 atom stereocenters. The molecular formula is C17H25NO2. The van der Waals surface area contributed by atoms with Crippen LogP contribution in [0.25, 0.3) is 0 Å². The fourth-order valence-electron chi connectivity index (χ4n) is 3.54. The molecule has 2 rings (SSSR count). The fourth-order valence-corrected chi connectivity index (χ4v) is 3.54. The van der Waals surface area contributed by atoms with Crippen molar-refractivity contribution in [1.82, 2.24) is 4.90 Å². The maximum atomic E-state index is 11.8. The summed E-state index contributed by atoms with van der Waals surface area (Å²) >= 11 is 0. The molecule has 0 spiro atoms. The van der Waals surface area contributed by atoms with Crippen LogP contribution < -0.4 is 0 Å². The topological polar surface area (TPSA) is 40.5 Å². The van der Waals surface area contributed by atoms with Crippen molar-refractivity contribution < 1.29 is 9.90 Å². The van der Waals surface area contributed by atoms with E-state index in [2.05, 4.69) is 43.0 Å². The Bertz CT molecular complexity index is 468. The minimum Gasteiger partial charge on any atom is -0.480 e. The summed E-state index contributed by atoms with van der Waals surface area (Å²) in [6.45, 7) is 7.10. The predicted molar refractivity (Wildman–Crippen MR) is 80.8 cm³/mol. The highest BCUT2D eigenvalue weighted by atomic mass is 16.4. The number of nitrogens with zero attached hydrogens (tertiary/aromatic N) is 1. The lowest BCUT2D eigenvalue weighted by molar-refractivity contribution is -0.151. The predicted octanol–water partition coefficient (Wildman–Crippen LogP) is 3.78. The second-order valence-corrected chi connectivity index (χ2v) is 5.82. The highest BCUT2D eigenvalue weighted by Crippen LogP contribution is 2.40. The molecule has 2 unspecified atom stereocenters. The zero-order valence-corrected chi connectivity index (χ0v) is 12.7. The molecule has 0 saturated carbocycles. The largest absolute Gasteiger partial charge is 0.480 e. The molecule has 1 aliphatic rings. The van der Waals surface area contributed by atoms with Gasteiger partial charge in [0.1, 0.15) is 5.54 Å². The first-order chi connectivity index (χ1) is 9.55. The van der Waals surface area contributed by atoms with E-state index in [1.54, 1.807) is 0 Å². The molecule has 0 bridgehead atoms. The molecule has 1 saturated heterocycles. The van der Waals surface area contributed by atoms with E-state index in [4.69, 9.17) is 0 Å². The normalized spacial score (nSPS) is 24.8. The number of benzene rings is 1. The first-order valence-electron chi connectivity index (χ1n) is 7.62. The van der Waals surface area contributed by atoms with Gasteiger partial charge < -0.3 is 5.11 Å². The van der Waals surface area contributed by atoms with Gasteiger partial charge in [0.15, 0.2) is 0 Å². The second-order valence-electron chi connectivity index (χ2n) is 5.82. The number of aliphatic carboxylic acids is 1. The number of likely N-dealkylation sites (tertiary alicyclic amines) is 1. The summed E-state index contributed by atoms with van der Waals surface area (Å²) in [4.78, 5) is 14.1. The van der Waals surface area contributed by atoms with Gasteiger partial charge in [0.25, 0.3) is 0 Å². The van der Waals surface area contributed by atoms with Gasteiger partial charge in [-0.2, -0.15) is 0 Å². The Hall–Kier alpha value is -1.35. The van der Waals surface area contributed by atoms with Crippen LogP contribution in [0.4, 0.5) is 0 Å². The zero-order chi connectivity index (χ0) is 14.8. The van der Waals surface area contributed by atoms with E-state index in [1.165, 1.54) is 11.1 Å². The summed E-state index contributed by atoms with van der Waals surface area (Å²) in [6, 6.07) is 8.72. The van der Waals surface area contributed by atoms with Crippen molar-refractivity contribution in [3.8, 4) is 0 Å². The van der Waals surface area contributed by atoms with Crippen LogP contribution in [0.3, 0.4) is 0 Å². The standard InChI is InChI=1S/C17H25NO2/c1-4-15(14-9-7-13(3)8-10-14)18-12-6-11-17(18,5-2)16(19)20/h7-10,15H,4-6,11-12H2,1-3H3,(H,19,20). The number of hydrogen-bond acceptors (Lipinski definition) is 2. The van der Waals surface area contributed by atoms with E-state index in [0.717, 1.165) is 25.8 Å². The molecule has 110 valence electrons. The van der Waals surface area contributed by atoms with Gasteiger partial charge in [0.05, 0.1) is 0 Å². The molecule has 0 aliphatic carbocycles. The Labute approximate surface area is 121 Å². The number of carboxylic acids is 1. The lowest BCUT2D eigenvalue weighted by atomic mass is 9.89. The van der Waals surface area contributed by atoms with Crippen LogP contribution >= 0.6 is 0 Å². The summed E-state index contributed by atoms with van der Waals surface area (Å²) in [7, 11) is 0. The highest BCUT2D eigenvalue weighted by molar-refractivity contribution is 5.79. The van der Waals surface area contributed by atoms with Crippen molar-refractivity contribution >= 4 is 5.97 Å². The smallest absolute Gasteiger partial charge is 0.324 e. The fraction of sp³-hybridized carbons (Fsp3) is 0.588. The number of carboxylic acid groups (broad SMARTS) is 1. The van der Waals surface area contributed by atoms with Gasteiger partial charge in [0.2, 0.25) is 0 Å². The van der Waals surface area contributed by atoms with Crippen molar-refractivity contribution in [3.05, 3.63) is 35.4 Å². The maximum absolute atomic E-state index is 11.8. The van der Waals surface area contributed by atoms with Crippen LogP contribution in [0.2, 0.25) is 0 Å². The van der Waals surface area contributed by atoms with E-state index in [-0.39, 0.29) is 6.04 Å². The van der Waals surface area contributed by atoms with E-state index in [0.29, 0.717) is 6.42 Å². The first-order valence-corrected chi connectivity index (χ1v) is 7.62. The minimum absolute atomic E-state index is 0.203. The van der Waals surface area contributed by atoms with Crippen molar-refractivity contribution in [1.29, 1.82) is 0 Å². The summed E-state index contributed by atoms with van der Waals surface area (Å²) in [6.07, 6.45) is 3.35. The molecule has 0 aromatic heterocycles. The highest BCUT2D eigenvalue weighted by Gasteiger charge is 2.48. The van der Waals surface area contributed by atoms with E-state index in [1.807, 2.05) is 6.92 Å². The maximum Gasteiger partial charge on any atom is 0.324 e. The molecule has 3 nitrogen and oxygen atoms in total. The van der Waals surface area contributed by atoms with Crippen molar-refractivity contribution in [2.45, 2.75) is 58.0 Å². The Kier molecular flexibility index (Phi) is 4.48. The average Bonchev–Trinajstić information content (AvgIpc) is 2.87. The van der Waals surface area contributed by atoms with Crippen LogP contribution in [-0.4, -0.2) is 28.1 Å². The Morgan fingerprint density at radius 3 is 2.50 bits per heavy atom. The summed E-state index contributed by atoms with van der Waals surface area (Å²) in [5, 5.41) is 9.73. The number of aryl methyl sites for hydroxylation is 1. The molecule has 1 aliphatic heterocycles. The Balaban J connectivity index is 2.35. The molecule has 1 fully saturated rings. The van der Waals surface area contributed by atoms with Crippen molar-refractivity contribution in [3.63, 3.8) is 0 Å². The summed E-state index contributed by atoms with van der Waals surface area (Å²) in [5.74, 6) is -0.664. The minimum atomic E-state index is -0.675. The van der Waals surface area contributed by atoms with Gasteiger partial charge in [-0.05, 0) is 44.7 Å². The monoisotopic (exact) mass is 275 g/mol. The molecule has 0 amide bonds. The van der Waals surface area contributed by atoms with Gasteiger partial charge in [-0.1, -0.05) is 43.7 Å². The molecule has 1 aromatic rings. The zero-order valence-electron chi connectivity index (χ0n) is 12.7. The Morgan fingerprint density at radius 1 is 1.35 bits per heavy atom. The molecule has 1 N–H and O–H groups in total. The molecule has 1 heterocycles. The third-order valence-electron chi connectivity index (χ3n) is 4.75. The molecule has 1 aromatic carbocycles. The quantitative estimate of drug-likeness (QED) is 0.889. The van der Waals surface area contributed by atoms with Gasteiger partial charge in [0, 0.05) is 6.04 Å². The molecule has 20 heavy (non-hydrogen) atoms. The van der Waals surface area contributed by atoms with E-state index < -0.39 is 11.5 Å². The van der Waals surface area contributed by atoms with Gasteiger partial charge in [-0.25, -0.2) is 0 Å². The average molecular weight is 275 g/mol. The lowest BCUT2D eigenvalue weighted by Crippen LogP contribution is -2.51. The lowest BCUT2D eigenvalue weighted by Gasteiger charge is -2.39. The second kappa shape index (κ2) is 5.96. The third kappa shape index (κ3) is 2.47. The first kappa shape index (κ1) is 15.0. The molecule has 0 radical (unpaired) electrons. The van der Waals surface area contributed by atoms with Gasteiger partial charge in [-0.3, -0.25) is 9.69 Å². The summed E-state index contributed by atoms with van der Waals surface area (Å²) in [5.41, 5.74) is 1.80. The van der Waals surface area contributed by atoms with Crippen LogP contribution in [0.5, 0.6) is 0 Å². The third-order valence-corrected chi connectivity index (χ3v) is 4.75. The van der Waals surface area contributed by atoms with E-state index >= 15 is 0 Å². The van der Waals surface area contributed by atoms with Crippen LogP contribution in [0, 0.1) is 6.92 Å². The molecule has 3 heteroatoms. The number of hydrogen-bond donors (Lipinski definition) is 1. The Morgan fingerprint density at radius 2 is 2.00 bits per heavy atom. The van der Waals surface area contributed by atoms with E-state index in [9.17, 15) is 9.90 Å².